The molecule has 7 rings (SSSR count). The summed E-state index contributed by atoms with van der Waals surface area (Å²) in [7, 11) is 0. The van der Waals surface area contributed by atoms with Crippen molar-refractivity contribution in [1.82, 2.24) is 29.7 Å². The highest BCUT2D eigenvalue weighted by molar-refractivity contribution is 6.00. The van der Waals surface area contributed by atoms with Crippen molar-refractivity contribution in [2.24, 2.45) is 0 Å². The Morgan fingerprint density at radius 3 is 2.85 bits per heavy atom. The smallest absolute Gasteiger partial charge is 0.319 e. The SMILES string of the molecule is C=C(F)C(=O)N1CCN(c2nc(OCCCN3C[C@@H]4C[C@H]3CO4)nc3c(F)c(-c4cncc5cccc(C)c45)ncc23)CC1CC#N. The zero-order chi connectivity index (χ0) is 32.7. The number of hydrogen-bond donors (Lipinski definition) is 0. The number of ether oxygens (including phenoxy) is 2. The first-order valence-electron chi connectivity index (χ1n) is 15.8. The van der Waals surface area contributed by atoms with Gasteiger partial charge in [-0.3, -0.25) is 19.7 Å². The zero-order valence-electron chi connectivity index (χ0n) is 26.0. The summed E-state index contributed by atoms with van der Waals surface area (Å²) in [4.78, 5) is 36.2. The third-order valence-electron chi connectivity index (χ3n) is 9.33. The molecule has 0 N–H and O–H groups in total. The number of carbonyl (C=O) groups excluding carboxylic acids is 1. The van der Waals surface area contributed by atoms with Crippen molar-refractivity contribution in [2.75, 3.05) is 50.8 Å². The van der Waals surface area contributed by atoms with E-state index in [9.17, 15) is 14.4 Å². The van der Waals surface area contributed by atoms with E-state index in [1.165, 1.54) is 11.1 Å². The van der Waals surface area contributed by atoms with Crippen LogP contribution in [0.4, 0.5) is 14.6 Å². The van der Waals surface area contributed by atoms with Crippen LogP contribution in [0.5, 0.6) is 6.01 Å². The molecule has 3 atom stereocenters. The first-order valence-corrected chi connectivity index (χ1v) is 15.8. The van der Waals surface area contributed by atoms with Gasteiger partial charge >= 0.3 is 6.01 Å². The number of aryl methyl sites for hydroxylation is 1. The fourth-order valence-corrected chi connectivity index (χ4v) is 7.05. The van der Waals surface area contributed by atoms with Gasteiger partial charge < -0.3 is 19.3 Å². The third-order valence-corrected chi connectivity index (χ3v) is 9.33. The minimum Gasteiger partial charge on any atom is -0.463 e. The summed E-state index contributed by atoms with van der Waals surface area (Å²) in [5.41, 5.74) is 1.63. The molecular weight excluding hydrogens is 606 g/mol. The van der Waals surface area contributed by atoms with Gasteiger partial charge in [0.2, 0.25) is 0 Å². The Kier molecular flexibility index (Phi) is 8.38. The quantitative estimate of drug-likeness (QED) is 0.193. The Labute approximate surface area is 270 Å². The molecule has 0 radical (unpaired) electrons. The van der Waals surface area contributed by atoms with E-state index < -0.39 is 23.6 Å². The van der Waals surface area contributed by atoms with Crippen LogP contribution in [0.25, 0.3) is 32.9 Å². The Morgan fingerprint density at radius 1 is 1.21 bits per heavy atom. The molecule has 13 heteroatoms. The van der Waals surface area contributed by atoms with Gasteiger partial charge in [-0.15, -0.1) is 0 Å². The number of nitrogens with zero attached hydrogens (tertiary/aromatic N) is 8. The van der Waals surface area contributed by atoms with Gasteiger partial charge in [0, 0.05) is 68.3 Å². The lowest BCUT2D eigenvalue weighted by molar-refractivity contribution is -0.131. The van der Waals surface area contributed by atoms with Crippen LogP contribution >= 0.6 is 0 Å². The summed E-state index contributed by atoms with van der Waals surface area (Å²) in [6.45, 7) is 8.46. The molecule has 3 aliphatic heterocycles. The van der Waals surface area contributed by atoms with Gasteiger partial charge in [-0.1, -0.05) is 24.8 Å². The van der Waals surface area contributed by atoms with Gasteiger partial charge in [0.1, 0.15) is 17.0 Å². The second-order valence-corrected chi connectivity index (χ2v) is 12.3. The van der Waals surface area contributed by atoms with Crippen molar-refractivity contribution < 1.29 is 23.0 Å². The Bertz CT molecular complexity index is 1910. The zero-order valence-corrected chi connectivity index (χ0v) is 26.0. The maximum atomic E-state index is 16.7. The Morgan fingerprint density at radius 2 is 2.09 bits per heavy atom. The van der Waals surface area contributed by atoms with Crippen LogP contribution in [0.2, 0.25) is 0 Å². The predicted molar refractivity (Wildman–Crippen MR) is 171 cm³/mol. The first-order chi connectivity index (χ1) is 22.8. The number of anilines is 1. The average molecular weight is 641 g/mol. The predicted octanol–water partition coefficient (Wildman–Crippen LogP) is 4.34. The number of pyridine rings is 2. The van der Waals surface area contributed by atoms with Crippen molar-refractivity contribution in [3.8, 4) is 23.3 Å². The molecule has 6 heterocycles. The van der Waals surface area contributed by atoms with Crippen LogP contribution in [0.3, 0.4) is 0 Å². The minimum atomic E-state index is -1.09. The highest BCUT2D eigenvalue weighted by Crippen LogP contribution is 2.36. The van der Waals surface area contributed by atoms with E-state index in [4.69, 9.17) is 14.5 Å². The van der Waals surface area contributed by atoms with E-state index in [2.05, 4.69) is 32.5 Å². The van der Waals surface area contributed by atoms with Gasteiger partial charge in [0.15, 0.2) is 11.6 Å². The van der Waals surface area contributed by atoms with Crippen molar-refractivity contribution in [3.05, 3.63) is 60.6 Å². The van der Waals surface area contributed by atoms with Crippen LogP contribution in [-0.4, -0.2) is 99.8 Å². The lowest BCUT2D eigenvalue weighted by Crippen LogP contribution is -2.55. The molecule has 47 heavy (non-hydrogen) atoms. The van der Waals surface area contributed by atoms with E-state index in [0.717, 1.165) is 48.9 Å². The molecule has 242 valence electrons. The van der Waals surface area contributed by atoms with E-state index >= 15 is 4.39 Å². The normalized spacial score (nSPS) is 21.0. The average Bonchev–Trinajstić information content (AvgIpc) is 3.70. The van der Waals surface area contributed by atoms with E-state index in [1.807, 2.05) is 30.0 Å². The maximum Gasteiger partial charge on any atom is 0.319 e. The molecule has 3 saturated heterocycles. The van der Waals surface area contributed by atoms with Crippen LogP contribution < -0.4 is 9.64 Å². The number of hydrogen-bond acceptors (Lipinski definition) is 10. The summed E-state index contributed by atoms with van der Waals surface area (Å²) in [5.74, 6) is -2.22. The molecule has 0 aliphatic carbocycles. The largest absolute Gasteiger partial charge is 0.463 e. The standard InChI is InChI=1S/C34H34F2N8O3/c1-20-5-3-6-22-14-38-15-26(28(20)22)30-29(36)31-27(16-39-30)32(43-10-11-44(33(45)21(2)35)23(17-43)7-8-37)41-34(40-31)46-12-4-9-42-18-25-13-24(42)19-47-25/h3,5-6,14-16,23-25H,2,4,7,9-13,17-19H2,1H3/t23?,24-,25-/m0/s1. The molecule has 1 amide bonds. The van der Waals surface area contributed by atoms with Crippen LogP contribution in [0.1, 0.15) is 24.8 Å². The summed E-state index contributed by atoms with van der Waals surface area (Å²) < 4.78 is 42.2. The summed E-state index contributed by atoms with van der Waals surface area (Å²) in [6.07, 6.45) is 6.93. The van der Waals surface area contributed by atoms with Gasteiger partial charge in [0.25, 0.3) is 5.91 Å². The molecular formula is C34H34F2N8O3. The van der Waals surface area contributed by atoms with Crippen molar-refractivity contribution in [1.29, 1.82) is 5.26 Å². The molecule has 0 saturated carbocycles. The van der Waals surface area contributed by atoms with Crippen LogP contribution in [-0.2, 0) is 9.53 Å². The number of amides is 1. The topological polar surface area (TPSA) is 121 Å². The number of halogens is 2. The molecule has 0 spiro atoms. The lowest BCUT2D eigenvalue weighted by atomic mass is 10.00. The van der Waals surface area contributed by atoms with Gasteiger partial charge in [-0.25, -0.2) is 8.78 Å². The number of morpholine rings is 1. The fraction of sp³-hybridized carbons (Fsp3) is 0.412. The molecule has 3 fully saturated rings. The molecule has 2 bridgehead atoms. The molecule has 4 aromatic rings. The molecule has 1 unspecified atom stereocenters. The third kappa shape index (κ3) is 5.83. The molecule has 3 aliphatic rings. The Hall–Kier alpha value is -4.80. The van der Waals surface area contributed by atoms with Crippen LogP contribution in [0.15, 0.2) is 49.2 Å². The van der Waals surface area contributed by atoms with E-state index in [0.29, 0.717) is 35.5 Å². The van der Waals surface area contributed by atoms with Gasteiger partial charge in [-0.05, 0) is 30.7 Å². The summed E-state index contributed by atoms with van der Waals surface area (Å²) in [5, 5.41) is 11.5. The number of rotatable bonds is 9. The molecule has 1 aromatic carbocycles. The fourth-order valence-electron chi connectivity index (χ4n) is 7.05. The molecule has 11 nitrogen and oxygen atoms in total. The second kappa shape index (κ2) is 12.8. The van der Waals surface area contributed by atoms with Gasteiger partial charge in [-0.2, -0.15) is 15.2 Å². The number of carbonyl (C=O) groups is 1. The number of aromatic nitrogens is 4. The highest BCUT2D eigenvalue weighted by atomic mass is 19.1. The number of nitriles is 1. The number of fused-ring (bicyclic) bond motifs is 4. The van der Waals surface area contributed by atoms with E-state index in [-0.39, 0.29) is 43.3 Å². The second-order valence-electron chi connectivity index (χ2n) is 12.3. The van der Waals surface area contributed by atoms with Gasteiger partial charge in [0.05, 0.1) is 43.2 Å². The lowest BCUT2D eigenvalue weighted by Gasteiger charge is -2.41. The highest BCUT2D eigenvalue weighted by Gasteiger charge is 2.38. The van der Waals surface area contributed by atoms with E-state index in [1.54, 1.807) is 12.4 Å². The molecule has 3 aromatic heterocycles. The van der Waals surface area contributed by atoms with Crippen molar-refractivity contribution in [3.63, 3.8) is 0 Å². The number of piperazine rings is 1. The van der Waals surface area contributed by atoms with Crippen molar-refractivity contribution in [2.45, 2.75) is 44.4 Å². The monoisotopic (exact) mass is 640 g/mol. The summed E-state index contributed by atoms with van der Waals surface area (Å²) in [6, 6.07) is 7.70. The Balaban J connectivity index is 1.24. The number of likely N-dealkylation sites (tertiary alicyclic amines) is 1. The van der Waals surface area contributed by atoms with Crippen LogP contribution in [0, 0.1) is 24.1 Å². The van der Waals surface area contributed by atoms with Crippen molar-refractivity contribution >= 4 is 33.4 Å². The minimum absolute atomic E-state index is 0.00882. The maximum absolute atomic E-state index is 16.7. The number of benzene rings is 1. The summed E-state index contributed by atoms with van der Waals surface area (Å²) >= 11 is 0. The first kappa shape index (κ1) is 30.8.